The number of ether oxygens (including phenoxy) is 1. The third-order valence-electron chi connectivity index (χ3n) is 3.99. The van der Waals surface area contributed by atoms with Gasteiger partial charge in [0.25, 0.3) is 0 Å². The number of phenols is 1. The molecule has 2 rings (SSSR count). The fourth-order valence-electron chi connectivity index (χ4n) is 2.59. The van der Waals surface area contributed by atoms with E-state index in [0.717, 1.165) is 18.5 Å². The van der Waals surface area contributed by atoms with Crippen LogP contribution in [0, 0.1) is 0 Å². The van der Waals surface area contributed by atoms with Gasteiger partial charge in [0, 0.05) is 13.0 Å². The normalized spacial score (nSPS) is 11.5. The summed E-state index contributed by atoms with van der Waals surface area (Å²) in [6.07, 6.45) is 1.27. The maximum absolute atomic E-state index is 12.6. The Bertz CT molecular complexity index is 694. The van der Waals surface area contributed by atoms with Gasteiger partial charge in [0.1, 0.15) is 24.2 Å². The molecule has 0 saturated heterocycles. The number of aromatic hydroxyl groups is 1. The number of aliphatic hydroxyl groups is 1. The van der Waals surface area contributed by atoms with Crippen LogP contribution in [0.1, 0.15) is 35.7 Å². The van der Waals surface area contributed by atoms with Crippen LogP contribution in [0.25, 0.3) is 0 Å². The predicted octanol–water partition coefficient (Wildman–Crippen LogP) is 3.37. The van der Waals surface area contributed by atoms with E-state index in [9.17, 15) is 15.0 Å². The molecule has 0 bridgehead atoms. The summed E-state index contributed by atoms with van der Waals surface area (Å²) in [6.45, 7) is 3.41. The highest BCUT2D eigenvalue weighted by Crippen LogP contribution is 2.25. The Kier molecular flexibility index (Phi) is 10.5. The first kappa shape index (κ1) is 23.0. The minimum Gasteiger partial charge on any atom is -0.508 e. The summed E-state index contributed by atoms with van der Waals surface area (Å²) >= 11 is 0. The quantitative estimate of drug-likeness (QED) is 0.403. The highest BCUT2D eigenvalue weighted by molar-refractivity contribution is 5.99. The van der Waals surface area contributed by atoms with Gasteiger partial charge in [-0.2, -0.15) is 0 Å². The van der Waals surface area contributed by atoms with E-state index in [4.69, 9.17) is 4.74 Å². The van der Waals surface area contributed by atoms with Crippen molar-refractivity contribution in [2.24, 2.45) is 0 Å². The van der Waals surface area contributed by atoms with E-state index in [0.29, 0.717) is 30.7 Å². The zero-order valence-corrected chi connectivity index (χ0v) is 16.4. The second-order valence-electron chi connectivity index (χ2n) is 6.26. The van der Waals surface area contributed by atoms with E-state index < -0.39 is 6.10 Å². The molecule has 27 heavy (non-hydrogen) atoms. The van der Waals surface area contributed by atoms with Crippen LogP contribution >= 0.6 is 12.4 Å². The molecule has 6 heteroatoms. The SMILES string of the molecule is CCCNCC(O)COc1ccc(O)cc1C(=O)CCc1ccccc1.Cl. The summed E-state index contributed by atoms with van der Waals surface area (Å²) in [7, 11) is 0. The van der Waals surface area contributed by atoms with Crippen LogP contribution in [-0.4, -0.2) is 41.8 Å². The van der Waals surface area contributed by atoms with Gasteiger partial charge in [0.2, 0.25) is 0 Å². The molecule has 1 unspecified atom stereocenters. The first-order chi connectivity index (χ1) is 12.6. The van der Waals surface area contributed by atoms with Gasteiger partial charge < -0.3 is 20.3 Å². The van der Waals surface area contributed by atoms with E-state index >= 15 is 0 Å². The molecule has 0 aliphatic heterocycles. The molecule has 0 amide bonds. The van der Waals surface area contributed by atoms with Gasteiger partial charge in [0.05, 0.1) is 5.56 Å². The summed E-state index contributed by atoms with van der Waals surface area (Å²) in [4.78, 5) is 12.6. The van der Waals surface area contributed by atoms with Gasteiger partial charge >= 0.3 is 0 Å². The number of carbonyl (C=O) groups is 1. The third kappa shape index (κ3) is 7.99. The lowest BCUT2D eigenvalue weighted by atomic mass is 10.0. The van der Waals surface area contributed by atoms with Crippen molar-refractivity contribution >= 4 is 18.2 Å². The van der Waals surface area contributed by atoms with Gasteiger partial charge in [-0.1, -0.05) is 37.3 Å². The Labute approximate surface area is 166 Å². The lowest BCUT2D eigenvalue weighted by molar-refractivity contribution is 0.0950. The van der Waals surface area contributed by atoms with Crippen molar-refractivity contribution in [3.8, 4) is 11.5 Å². The highest BCUT2D eigenvalue weighted by atomic mass is 35.5. The third-order valence-corrected chi connectivity index (χ3v) is 3.99. The monoisotopic (exact) mass is 393 g/mol. The molecule has 0 fully saturated rings. The Morgan fingerprint density at radius 1 is 1.19 bits per heavy atom. The number of aliphatic hydroxyl groups excluding tert-OH is 1. The number of ketones is 1. The summed E-state index contributed by atoms with van der Waals surface area (Å²) in [6, 6.07) is 14.2. The van der Waals surface area contributed by atoms with E-state index in [2.05, 4.69) is 12.2 Å². The Hall–Kier alpha value is -2.08. The number of nitrogens with one attached hydrogen (secondary N) is 1. The van der Waals surface area contributed by atoms with Crippen molar-refractivity contribution in [3.63, 3.8) is 0 Å². The molecule has 0 heterocycles. The fraction of sp³-hybridized carbons (Fsp3) is 0.381. The topological polar surface area (TPSA) is 78.8 Å². The lowest BCUT2D eigenvalue weighted by Crippen LogP contribution is -2.32. The molecule has 0 spiro atoms. The molecule has 5 nitrogen and oxygen atoms in total. The fourth-order valence-corrected chi connectivity index (χ4v) is 2.59. The number of aryl methyl sites for hydroxylation is 1. The second kappa shape index (κ2) is 12.3. The zero-order chi connectivity index (χ0) is 18.8. The molecule has 2 aromatic rings. The number of phenolic OH excluding ortho intramolecular Hbond substituents is 1. The van der Waals surface area contributed by atoms with E-state index in [1.165, 1.54) is 12.1 Å². The smallest absolute Gasteiger partial charge is 0.167 e. The van der Waals surface area contributed by atoms with E-state index in [1.54, 1.807) is 6.07 Å². The Balaban J connectivity index is 0.00000364. The van der Waals surface area contributed by atoms with Gasteiger partial charge in [-0.25, -0.2) is 0 Å². The van der Waals surface area contributed by atoms with Crippen molar-refractivity contribution in [2.45, 2.75) is 32.3 Å². The maximum atomic E-state index is 12.6. The summed E-state index contributed by atoms with van der Waals surface area (Å²) in [5.41, 5.74) is 1.43. The van der Waals surface area contributed by atoms with Gasteiger partial charge in [-0.15, -0.1) is 12.4 Å². The molecule has 148 valence electrons. The minimum atomic E-state index is -0.664. The molecule has 0 radical (unpaired) electrons. The van der Waals surface area contributed by atoms with Crippen LogP contribution in [0.2, 0.25) is 0 Å². The summed E-state index contributed by atoms with van der Waals surface area (Å²) in [5.74, 6) is 0.305. The number of carbonyl (C=O) groups excluding carboxylic acids is 1. The predicted molar refractivity (Wildman–Crippen MR) is 109 cm³/mol. The number of Topliss-reactive ketones (excluding diaryl/α,β-unsaturated/α-hetero) is 1. The second-order valence-corrected chi connectivity index (χ2v) is 6.26. The van der Waals surface area contributed by atoms with Crippen molar-refractivity contribution in [1.82, 2.24) is 5.32 Å². The van der Waals surface area contributed by atoms with Gasteiger partial charge in [-0.05, 0) is 43.1 Å². The van der Waals surface area contributed by atoms with Crippen molar-refractivity contribution in [2.75, 3.05) is 19.7 Å². The van der Waals surface area contributed by atoms with Crippen LogP contribution in [0.5, 0.6) is 11.5 Å². The molecule has 3 N–H and O–H groups in total. The number of halogens is 1. The van der Waals surface area contributed by atoms with Crippen LogP contribution in [0.3, 0.4) is 0 Å². The van der Waals surface area contributed by atoms with Crippen molar-refractivity contribution in [3.05, 3.63) is 59.7 Å². The number of hydrogen-bond acceptors (Lipinski definition) is 5. The van der Waals surface area contributed by atoms with E-state index in [-0.39, 0.29) is 30.5 Å². The minimum absolute atomic E-state index is 0. The first-order valence-electron chi connectivity index (χ1n) is 9.02. The Morgan fingerprint density at radius 2 is 1.93 bits per heavy atom. The highest BCUT2D eigenvalue weighted by Gasteiger charge is 2.15. The van der Waals surface area contributed by atoms with Crippen LogP contribution in [0.4, 0.5) is 0 Å². The lowest BCUT2D eigenvalue weighted by Gasteiger charge is -2.15. The van der Waals surface area contributed by atoms with Crippen LogP contribution in [0.15, 0.2) is 48.5 Å². The van der Waals surface area contributed by atoms with Crippen molar-refractivity contribution in [1.29, 1.82) is 0 Å². The van der Waals surface area contributed by atoms with Gasteiger partial charge in [0.15, 0.2) is 5.78 Å². The number of hydrogen-bond donors (Lipinski definition) is 3. The average molecular weight is 394 g/mol. The number of rotatable bonds is 11. The summed E-state index contributed by atoms with van der Waals surface area (Å²) in [5, 5.41) is 22.8. The first-order valence-corrected chi connectivity index (χ1v) is 9.02. The zero-order valence-electron chi connectivity index (χ0n) is 15.6. The molecule has 0 aliphatic rings. The van der Waals surface area contributed by atoms with E-state index in [1.807, 2.05) is 30.3 Å². The Morgan fingerprint density at radius 3 is 2.63 bits per heavy atom. The molecular weight excluding hydrogens is 366 g/mol. The van der Waals surface area contributed by atoms with Crippen LogP contribution < -0.4 is 10.1 Å². The molecule has 0 aromatic heterocycles. The molecular formula is C21H28ClNO4. The maximum Gasteiger partial charge on any atom is 0.167 e. The standard InChI is InChI=1S/C21H27NO4.ClH/c1-2-12-22-14-18(24)15-26-21-11-9-17(23)13-19(21)20(25)10-8-16-6-4-3-5-7-16;/h3-7,9,11,13,18,22-24H,2,8,10,12,14-15H2,1H3;1H. The average Bonchev–Trinajstić information content (AvgIpc) is 2.66. The van der Waals surface area contributed by atoms with Crippen molar-refractivity contribution < 1.29 is 19.7 Å². The largest absolute Gasteiger partial charge is 0.508 e. The molecule has 2 aromatic carbocycles. The molecule has 1 atom stereocenters. The molecule has 0 aliphatic carbocycles. The number of benzene rings is 2. The molecule has 0 saturated carbocycles. The van der Waals surface area contributed by atoms with Gasteiger partial charge in [-0.3, -0.25) is 4.79 Å². The van der Waals surface area contributed by atoms with Crippen LogP contribution in [-0.2, 0) is 6.42 Å². The summed E-state index contributed by atoms with van der Waals surface area (Å²) < 4.78 is 5.64.